The second-order valence-electron chi connectivity index (χ2n) is 5.01. The van der Waals surface area contributed by atoms with Crippen molar-refractivity contribution >= 4 is 32.8 Å². The molecule has 1 aromatic heterocycles. The Morgan fingerprint density at radius 2 is 1.96 bits per heavy atom. The molecule has 0 saturated heterocycles. The minimum Gasteiger partial charge on any atom is -0.497 e. The highest BCUT2D eigenvalue weighted by molar-refractivity contribution is 7.89. The van der Waals surface area contributed by atoms with Gasteiger partial charge in [0, 0.05) is 6.04 Å². The third-order valence-corrected chi connectivity index (χ3v) is 5.58. The van der Waals surface area contributed by atoms with E-state index < -0.39 is 16.1 Å². The van der Waals surface area contributed by atoms with E-state index in [1.54, 1.807) is 32.2 Å². The number of hydrogen-bond acceptors (Lipinski definition) is 6. The average molecular weight is 349 g/mol. The Hall–Kier alpha value is -2.03. The number of methoxy groups -OCH3 is 1. The van der Waals surface area contributed by atoms with Crippen LogP contribution in [0.15, 0.2) is 47.4 Å². The molecule has 0 saturated carbocycles. The largest absolute Gasteiger partial charge is 0.497 e. The third-order valence-electron chi connectivity index (χ3n) is 3.46. The zero-order valence-corrected chi connectivity index (χ0v) is 14.2. The van der Waals surface area contributed by atoms with Crippen molar-refractivity contribution in [3.8, 4) is 5.75 Å². The van der Waals surface area contributed by atoms with Crippen LogP contribution in [0, 0.1) is 0 Å². The summed E-state index contributed by atoms with van der Waals surface area (Å²) < 4.78 is 41.4. The second-order valence-corrected chi connectivity index (χ2v) is 7.22. The average Bonchev–Trinajstić information content (AvgIpc) is 3.02. The predicted molar refractivity (Wildman–Crippen MR) is 89.1 cm³/mol. The normalized spacial score (nSPS) is 13.1. The highest BCUT2D eigenvalue weighted by Gasteiger charge is 2.22. The van der Waals surface area contributed by atoms with E-state index in [0.29, 0.717) is 16.8 Å². The Morgan fingerprint density at radius 3 is 2.74 bits per heavy atom. The van der Waals surface area contributed by atoms with Gasteiger partial charge in [-0.2, -0.15) is 8.75 Å². The molecule has 120 valence electrons. The third kappa shape index (κ3) is 3.19. The van der Waals surface area contributed by atoms with Gasteiger partial charge in [0.05, 0.1) is 18.8 Å². The van der Waals surface area contributed by atoms with Gasteiger partial charge in [0.1, 0.15) is 21.7 Å². The van der Waals surface area contributed by atoms with E-state index in [2.05, 4.69) is 13.5 Å². The fourth-order valence-corrected chi connectivity index (χ4v) is 4.27. The lowest BCUT2D eigenvalue weighted by molar-refractivity contribution is 0.413. The summed E-state index contributed by atoms with van der Waals surface area (Å²) >= 11 is 0.995. The monoisotopic (exact) mass is 349 g/mol. The molecule has 0 aliphatic heterocycles. The molecule has 1 N–H and O–H groups in total. The van der Waals surface area contributed by atoms with Gasteiger partial charge in [0.25, 0.3) is 0 Å². The van der Waals surface area contributed by atoms with E-state index in [1.165, 1.54) is 6.07 Å². The number of sulfonamides is 1. The smallest absolute Gasteiger partial charge is 0.243 e. The summed E-state index contributed by atoms with van der Waals surface area (Å²) in [6, 6.07) is 11.8. The summed E-state index contributed by atoms with van der Waals surface area (Å²) in [5.74, 6) is 0.680. The van der Waals surface area contributed by atoms with Crippen LogP contribution in [0.2, 0.25) is 0 Å². The first-order chi connectivity index (χ1) is 11.0. The van der Waals surface area contributed by atoms with Crippen molar-refractivity contribution in [2.75, 3.05) is 7.11 Å². The molecule has 0 fully saturated rings. The van der Waals surface area contributed by atoms with Crippen molar-refractivity contribution in [2.24, 2.45) is 0 Å². The van der Waals surface area contributed by atoms with Gasteiger partial charge in [-0.05, 0) is 36.8 Å². The van der Waals surface area contributed by atoms with E-state index in [-0.39, 0.29) is 4.90 Å². The number of nitrogens with zero attached hydrogens (tertiary/aromatic N) is 2. The van der Waals surface area contributed by atoms with Crippen molar-refractivity contribution < 1.29 is 13.2 Å². The van der Waals surface area contributed by atoms with E-state index in [4.69, 9.17) is 4.74 Å². The van der Waals surface area contributed by atoms with Gasteiger partial charge >= 0.3 is 0 Å². The number of aromatic nitrogens is 2. The first kappa shape index (κ1) is 15.9. The molecule has 0 aliphatic carbocycles. The van der Waals surface area contributed by atoms with Gasteiger partial charge in [-0.25, -0.2) is 13.1 Å². The van der Waals surface area contributed by atoms with Crippen LogP contribution < -0.4 is 9.46 Å². The van der Waals surface area contributed by atoms with Crippen LogP contribution in [-0.2, 0) is 10.0 Å². The molecule has 0 amide bonds. The quantitative estimate of drug-likeness (QED) is 0.766. The summed E-state index contributed by atoms with van der Waals surface area (Å²) in [6.45, 7) is 1.78. The van der Waals surface area contributed by atoms with Crippen LogP contribution >= 0.6 is 11.7 Å². The molecule has 0 aliphatic rings. The Kier molecular flexibility index (Phi) is 4.29. The summed E-state index contributed by atoms with van der Waals surface area (Å²) in [5, 5.41) is 0. The molecule has 1 atom stereocenters. The summed E-state index contributed by atoms with van der Waals surface area (Å²) in [4.78, 5) is 0.137. The molecule has 1 heterocycles. The minimum absolute atomic E-state index is 0.137. The van der Waals surface area contributed by atoms with Gasteiger partial charge in [-0.1, -0.05) is 18.2 Å². The Labute approximate surface area is 138 Å². The standard InChI is InChI=1S/C15H15N3O3S2/c1-10(11-5-3-6-12(9-11)21-2)18-23(19,20)14-8-4-7-13-15(14)17-22-16-13/h3-10,18H,1-2H3. The number of fused-ring (bicyclic) bond motifs is 1. The van der Waals surface area contributed by atoms with Gasteiger partial charge in [-0.3, -0.25) is 0 Å². The summed E-state index contributed by atoms with van der Waals surface area (Å²) in [6.07, 6.45) is 0. The van der Waals surface area contributed by atoms with Crippen molar-refractivity contribution in [1.29, 1.82) is 0 Å². The van der Waals surface area contributed by atoms with E-state index in [9.17, 15) is 8.42 Å². The number of hydrogen-bond donors (Lipinski definition) is 1. The molecule has 3 aromatic rings. The Morgan fingerprint density at radius 1 is 1.17 bits per heavy atom. The fourth-order valence-electron chi connectivity index (χ4n) is 2.27. The maximum atomic E-state index is 12.7. The van der Waals surface area contributed by atoms with Gasteiger partial charge in [-0.15, -0.1) is 0 Å². The summed E-state index contributed by atoms with van der Waals surface area (Å²) in [5.41, 5.74) is 1.78. The second kappa shape index (κ2) is 6.23. The molecule has 6 nitrogen and oxygen atoms in total. The Balaban J connectivity index is 1.93. The van der Waals surface area contributed by atoms with Crippen molar-refractivity contribution in [2.45, 2.75) is 17.9 Å². The molecule has 1 unspecified atom stereocenters. The van der Waals surface area contributed by atoms with Crippen molar-refractivity contribution in [3.63, 3.8) is 0 Å². The highest BCUT2D eigenvalue weighted by Crippen LogP contribution is 2.24. The van der Waals surface area contributed by atoms with Gasteiger partial charge in [0.15, 0.2) is 0 Å². The molecule has 23 heavy (non-hydrogen) atoms. The van der Waals surface area contributed by atoms with Crippen LogP contribution in [0.1, 0.15) is 18.5 Å². The predicted octanol–water partition coefficient (Wildman–Crippen LogP) is 2.74. The van der Waals surface area contributed by atoms with Crippen LogP contribution in [0.5, 0.6) is 5.75 Å². The lowest BCUT2D eigenvalue weighted by Gasteiger charge is -2.15. The first-order valence-corrected chi connectivity index (χ1v) is 9.10. The Bertz CT molecular complexity index is 938. The maximum absolute atomic E-state index is 12.7. The topological polar surface area (TPSA) is 81.2 Å². The molecule has 0 radical (unpaired) electrons. The molecular formula is C15H15N3O3S2. The van der Waals surface area contributed by atoms with E-state index in [0.717, 1.165) is 17.3 Å². The first-order valence-electron chi connectivity index (χ1n) is 6.89. The lowest BCUT2D eigenvalue weighted by Crippen LogP contribution is -2.27. The van der Waals surface area contributed by atoms with E-state index >= 15 is 0 Å². The molecule has 0 bridgehead atoms. The lowest BCUT2D eigenvalue weighted by atomic mass is 10.1. The number of rotatable bonds is 5. The van der Waals surface area contributed by atoms with Crippen molar-refractivity contribution in [3.05, 3.63) is 48.0 Å². The van der Waals surface area contributed by atoms with Crippen LogP contribution in [-0.4, -0.2) is 24.3 Å². The fraction of sp³-hybridized carbons (Fsp3) is 0.200. The van der Waals surface area contributed by atoms with Gasteiger partial charge < -0.3 is 4.74 Å². The van der Waals surface area contributed by atoms with E-state index in [1.807, 2.05) is 18.2 Å². The molecule has 3 rings (SSSR count). The van der Waals surface area contributed by atoms with Crippen LogP contribution in [0.4, 0.5) is 0 Å². The summed E-state index contributed by atoms with van der Waals surface area (Å²) in [7, 11) is -2.14. The molecule has 0 spiro atoms. The molecular weight excluding hydrogens is 334 g/mol. The molecule has 8 heteroatoms. The zero-order valence-electron chi connectivity index (χ0n) is 12.6. The SMILES string of the molecule is COc1cccc(C(C)NS(=O)(=O)c2cccc3nsnc23)c1. The van der Waals surface area contributed by atoms with Crippen LogP contribution in [0.3, 0.4) is 0 Å². The number of benzene rings is 2. The number of nitrogens with one attached hydrogen (secondary N) is 1. The van der Waals surface area contributed by atoms with Gasteiger partial charge in [0.2, 0.25) is 10.0 Å². The molecule has 2 aromatic carbocycles. The van der Waals surface area contributed by atoms with Crippen molar-refractivity contribution in [1.82, 2.24) is 13.5 Å². The van der Waals surface area contributed by atoms with Crippen LogP contribution in [0.25, 0.3) is 11.0 Å². The zero-order chi connectivity index (χ0) is 16.4. The highest BCUT2D eigenvalue weighted by atomic mass is 32.2. The number of ether oxygens (including phenoxy) is 1. The maximum Gasteiger partial charge on any atom is 0.243 e. The minimum atomic E-state index is -3.71.